The highest BCUT2D eigenvalue weighted by Gasteiger charge is 2.19. The molecule has 3 N–H and O–H groups in total. The molecule has 1 amide bonds. The van der Waals surface area contributed by atoms with Crippen molar-refractivity contribution < 1.29 is 4.79 Å². The molecule has 82 valence electrons. The van der Waals surface area contributed by atoms with E-state index in [2.05, 4.69) is 5.32 Å². The number of aryl methyl sites for hydroxylation is 2. The van der Waals surface area contributed by atoms with Crippen molar-refractivity contribution in [2.75, 3.05) is 6.54 Å². The first-order chi connectivity index (χ1) is 7.07. The third-order valence-corrected chi connectivity index (χ3v) is 2.52. The molecule has 0 spiro atoms. The number of amides is 1. The Morgan fingerprint density at radius 3 is 2.33 bits per heavy atom. The van der Waals surface area contributed by atoms with Crippen molar-refractivity contribution in [3.05, 3.63) is 34.9 Å². The van der Waals surface area contributed by atoms with Gasteiger partial charge in [-0.15, -0.1) is 0 Å². The molecule has 0 radical (unpaired) electrons. The molecular weight excluding hydrogens is 188 g/mol. The van der Waals surface area contributed by atoms with Gasteiger partial charge in [-0.2, -0.15) is 0 Å². The smallest absolute Gasteiger partial charge is 0.239 e. The van der Waals surface area contributed by atoms with Gasteiger partial charge in [0.2, 0.25) is 5.91 Å². The van der Waals surface area contributed by atoms with Gasteiger partial charge in [-0.25, -0.2) is 0 Å². The predicted molar refractivity (Wildman–Crippen MR) is 61.5 cm³/mol. The fraction of sp³-hybridized carbons (Fsp3) is 0.417. The minimum Gasteiger partial charge on any atom is -0.368 e. The maximum atomic E-state index is 11.4. The molecule has 0 aromatic heterocycles. The number of hydrogen-bond donors (Lipinski definition) is 2. The monoisotopic (exact) mass is 206 g/mol. The number of likely N-dealkylation sites (N-methyl/N-ethyl adjacent to an activating group) is 1. The van der Waals surface area contributed by atoms with Gasteiger partial charge >= 0.3 is 0 Å². The van der Waals surface area contributed by atoms with Gasteiger partial charge in [0.25, 0.3) is 0 Å². The number of carbonyl (C=O) groups excluding carboxylic acids is 1. The number of hydrogen-bond acceptors (Lipinski definition) is 2. The van der Waals surface area contributed by atoms with Gasteiger partial charge in [0, 0.05) is 0 Å². The SMILES string of the molecule is CCNC(C(N)=O)c1c(C)cccc1C. The first-order valence-electron chi connectivity index (χ1n) is 5.16. The lowest BCUT2D eigenvalue weighted by Gasteiger charge is -2.19. The lowest BCUT2D eigenvalue weighted by Crippen LogP contribution is -2.34. The average Bonchev–Trinajstić information content (AvgIpc) is 2.15. The molecule has 0 saturated heterocycles. The van der Waals surface area contributed by atoms with Crippen molar-refractivity contribution in [1.29, 1.82) is 0 Å². The summed E-state index contributed by atoms with van der Waals surface area (Å²) < 4.78 is 0. The summed E-state index contributed by atoms with van der Waals surface area (Å²) in [6, 6.07) is 5.60. The lowest BCUT2D eigenvalue weighted by molar-refractivity contribution is -0.120. The average molecular weight is 206 g/mol. The van der Waals surface area contributed by atoms with Crippen LogP contribution in [-0.4, -0.2) is 12.5 Å². The molecule has 1 aromatic carbocycles. The van der Waals surface area contributed by atoms with Gasteiger partial charge in [0.15, 0.2) is 0 Å². The summed E-state index contributed by atoms with van der Waals surface area (Å²) in [5.74, 6) is -0.325. The predicted octanol–water partition coefficient (Wildman–Crippen LogP) is 1.44. The van der Waals surface area contributed by atoms with E-state index in [1.165, 1.54) is 0 Å². The van der Waals surface area contributed by atoms with Crippen LogP contribution < -0.4 is 11.1 Å². The minimum absolute atomic E-state index is 0.325. The first-order valence-corrected chi connectivity index (χ1v) is 5.16. The van der Waals surface area contributed by atoms with Crippen LogP contribution >= 0.6 is 0 Å². The second-order valence-electron chi connectivity index (χ2n) is 3.70. The van der Waals surface area contributed by atoms with Crippen LogP contribution in [0.3, 0.4) is 0 Å². The minimum atomic E-state index is -0.379. The van der Waals surface area contributed by atoms with E-state index in [1.54, 1.807) is 0 Å². The van der Waals surface area contributed by atoms with Crippen LogP contribution in [0.15, 0.2) is 18.2 Å². The largest absolute Gasteiger partial charge is 0.368 e. The molecule has 1 aromatic rings. The number of nitrogens with two attached hydrogens (primary N) is 1. The molecule has 15 heavy (non-hydrogen) atoms. The van der Waals surface area contributed by atoms with E-state index in [9.17, 15) is 4.79 Å². The maximum absolute atomic E-state index is 11.4. The molecule has 1 atom stereocenters. The molecule has 3 heteroatoms. The van der Waals surface area contributed by atoms with E-state index >= 15 is 0 Å². The van der Waals surface area contributed by atoms with Gasteiger partial charge in [0.1, 0.15) is 6.04 Å². The summed E-state index contributed by atoms with van der Waals surface area (Å²) >= 11 is 0. The standard InChI is InChI=1S/C12H18N2O/c1-4-14-11(12(13)15)10-8(2)6-5-7-9(10)3/h5-7,11,14H,4H2,1-3H3,(H2,13,15). The third-order valence-electron chi connectivity index (χ3n) is 2.52. The zero-order valence-corrected chi connectivity index (χ0v) is 9.50. The highest BCUT2D eigenvalue weighted by Crippen LogP contribution is 2.21. The van der Waals surface area contributed by atoms with E-state index in [0.29, 0.717) is 0 Å². The van der Waals surface area contributed by atoms with Gasteiger partial charge in [-0.05, 0) is 37.1 Å². The van der Waals surface area contributed by atoms with Crippen molar-refractivity contribution in [2.45, 2.75) is 26.8 Å². The van der Waals surface area contributed by atoms with Gasteiger partial charge in [0.05, 0.1) is 0 Å². The lowest BCUT2D eigenvalue weighted by atomic mass is 9.96. The topological polar surface area (TPSA) is 55.1 Å². The molecule has 0 bridgehead atoms. The fourth-order valence-electron chi connectivity index (χ4n) is 1.83. The Morgan fingerprint density at radius 1 is 1.40 bits per heavy atom. The van der Waals surface area contributed by atoms with Crippen molar-refractivity contribution in [1.82, 2.24) is 5.32 Å². The highest BCUT2D eigenvalue weighted by atomic mass is 16.1. The van der Waals surface area contributed by atoms with Crippen molar-refractivity contribution in [3.63, 3.8) is 0 Å². The van der Waals surface area contributed by atoms with E-state index in [0.717, 1.165) is 23.2 Å². The van der Waals surface area contributed by atoms with E-state index in [-0.39, 0.29) is 11.9 Å². The van der Waals surface area contributed by atoms with Crippen molar-refractivity contribution >= 4 is 5.91 Å². The van der Waals surface area contributed by atoms with Gasteiger partial charge in [-0.1, -0.05) is 25.1 Å². The Balaban J connectivity index is 3.15. The highest BCUT2D eigenvalue weighted by molar-refractivity contribution is 5.82. The van der Waals surface area contributed by atoms with Crippen LogP contribution in [0, 0.1) is 13.8 Å². The van der Waals surface area contributed by atoms with E-state index < -0.39 is 0 Å². The molecule has 0 aliphatic rings. The summed E-state index contributed by atoms with van der Waals surface area (Å²) in [6.45, 7) is 6.68. The molecule has 0 saturated carbocycles. The second kappa shape index (κ2) is 4.94. The van der Waals surface area contributed by atoms with Crippen LogP contribution in [0.4, 0.5) is 0 Å². The second-order valence-corrected chi connectivity index (χ2v) is 3.70. The Morgan fingerprint density at radius 2 is 1.93 bits per heavy atom. The summed E-state index contributed by atoms with van der Waals surface area (Å²) in [4.78, 5) is 11.4. The Hall–Kier alpha value is -1.35. The van der Waals surface area contributed by atoms with E-state index in [1.807, 2.05) is 39.0 Å². The Bertz CT molecular complexity index is 340. The molecule has 3 nitrogen and oxygen atoms in total. The third kappa shape index (κ3) is 2.57. The quantitative estimate of drug-likeness (QED) is 0.783. The van der Waals surface area contributed by atoms with Crippen LogP contribution in [0.25, 0.3) is 0 Å². The fourth-order valence-corrected chi connectivity index (χ4v) is 1.83. The van der Waals surface area contributed by atoms with E-state index in [4.69, 9.17) is 5.73 Å². The molecular formula is C12H18N2O. The maximum Gasteiger partial charge on any atom is 0.239 e. The molecule has 0 fully saturated rings. The molecule has 1 rings (SSSR count). The van der Waals surface area contributed by atoms with Gasteiger partial charge in [-0.3, -0.25) is 4.79 Å². The van der Waals surface area contributed by atoms with Crippen LogP contribution in [-0.2, 0) is 4.79 Å². The number of primary amides is 1. The molecule has 0 aliphatic heterocycles. The summed E-state index contributed by atoms with van der Waals surface area (Å²) in [6.07, 6.45) is 0. The van der Waals surface area contributed by atoms with Crippen LogP contribution in [0.1, 0.15) is 29.7 Å². The summed E-state index contributed by atoms with van der Waals surface area (Å²) in [5, 5.41) is 3.11. The number of nitrogens with one attached hydrogen (secondary N) is 1. The summed E-state index contributed by atoms with van der Waals surface area (Å²) in [7, 11) is 0. The van der Waals surface area contributed by atoms with Crippen molar-refractivity contribution in [3.8, 4) is 0 Å². The Labute approximate surface area is 90.7 Å². The first kappa shape index (κ1) is 11.7. The number of rotatable bonds is 4. The molecule has 0 aliphatic carbocycles. The van der Waals surface area contributed by atoms with Crippen LogP contribution in [0.5, 0.6) is 0 Å². The number of benzene rings is 1. The molecule has 1 unspecified atom stereocenters. The van der Waals surface area contributed by atoms with Crippen LogP contribution in [0.2, 0.25) is 0 Å². The molecule has 0 heterocycles. The zero-order chi connectivity index (χ0) is 11.4. The Kier molecular flexibility index (Phi) is 3.86. The van der Waals surface area contributed by atoms with Gasteiger partial charge < -0.3 is 11.1 Å². The summed E-state index contributed by atoms with van der Waals surface area (Å²) in [5.41, 5.74) is 8.59. The van der Waals surface area contributed by atoms with Crippen molar-refractivity contribution in [2.24, 2.45) is 5.73 Å². The normalized spacial score (nSPS) is 12.5. The zero-order valence-electron chi connectivity index (χ0n) is 9.50. The number of carbonyl (C=O) groups is 1.